The Morgan fingerprint density at radius 3 is 2.47 bits per heavy atom. The van der Waals surface area contributed by atoms with Crippen LogP contribution < -0.4 is 4.57 Å². The Bertz CT molecular complexity index is 539. The summed E-state index contributed by atoms with van der Waals surface area (Å²) in [6.07, 6.45) is 6.21. The summed E-state index contributed by atoms with van der Waals surface area (Å²) in [4.78, 5) is 3.87. The van der Waals surface area contributed by atoms with Gasteiger partial charge in [-0.1, -0.05) is 12.1 Å². The molecule has 84 valence electrons. The molecule has 0 fully saturated rings. The third kappa shape index (κ3) is 2.88. The molecule has 0 aliphatic heterocycles. The SMILES string of the molecule is C=Nc1ccc(C=Cc2cccc[n+]2C)cc1. The van der Waals surface area contributed by atoms with Gasteiger partial charge in [-0.05, 0) is 36.6 Å². The molecule has 0 saturated carbocycles. The largest absolute Gasteiger partial charge is 0.265 e. The molecule has 2 aromatic rings. The van der Waals surface area contributed by atoms with Crippen molar-refractivity contribution in [3.05, 3.63) is 59.9 Å². The molecule has 0 saturated heterocycles. The van der Waals surface area contributed by atoms with Gasteiger partial charge in [0.05, 0.1) is 5.69 Å². The van der Waals surface area contributed by atoms with Crippen molar-refractivity contribution in [1.82, 2.24) is 0 Å². The summed E-state index contributed by atoms with van der Waals surface area (Å²) in [5.41, 5.74) is 3.21. The second kappa shape index (κ2) is 5.21. The van der Waals surface area contributed by atoms with Crippen LogP contribution in [0.1, 0.15) is 11.3 Å². The first kappa shape index (κ1) is 11.3. The lowest BCUT2D eigenvalue weighted by Crippen LogP contribution is -2.30. The Hall–Kier alpha value is -2.22. The van der Waals surface area contributed by atoms with Gasteiger partial charge in [0.1, 0.15) is 7.05 Å². The summed E-state index contributed by atoms with van der Waals surface area (Å²) < 4.78 is 2.08. The Kier molecular flexibility index (Phi) is 3.46. The lowest BCUT2D eigenvalue weighted by molar-refractivity contribution is -0.673. The van der Waals surface area contributed by atoms with Crippen LogP contribution in [-0.2, 0) is 7.05 Å². The van der Waals surface area contributed by atoms with E-state index in [1.54, 1.807) is 0 Å². The maximum absolute atomic E-state index is 3.87. The molecule has 1 aromatic carbocycles. The Labute approximate surface area is 102 Å². The van der Waals surface area contributed by atoms with E-state index in [4.69, 9.17) is 0 Å². The molecule has 0 radical (unpaired) electrons. The van der Waals surface area contributed by atoms with Crippen molar-refractivity contribution in [1.29, 1.82) is 0 Å². The topological polar surface area (TPSA) is 16.2 Å². The number of rotatable bonds is 3. The van der Waals surface area contributed by atoms with Gasteiger partial charge in [-0.3, -0.25) is 4.99 Å². The highest BCUT2D eigenvalue weighted by Gasteiger charge is 1.98. The molecule has 0 amide bonds. The van der Waals surface area contributed by atoms with Gasteiger partial charge in [0, 0.05) is 18.2 Å². The molecule has 2 rings (SSSR count). The first-order valence-corrected chi connectivity index (χ1v) is 5.49. The van der Waals surface area contributed by atoms with Crippen LogP contribution in [0.4, 0.5) is 5.69 Å². The second-order valence-electron chi connectivity index (χ2n) is 3.82. The molecule has 17 heavy (non-hydrogen) atoms. The molecule has 0 aliphatic carbocycles. The summed E-state index contributed by atoms with van der Waals surface area (Å²) in [6, 6.07) is 14.1. The van der Waals surface area contributed by atoms with E-state index in [-0.39, 0.29) is 0 Å². The predicted octanol–water partition coefficient (Wildman–Crippen LogP) is 3.01. The summed E-state index contributed by atoms with van der Waals surface area (Å²) in [6.45, 7) is 3.49. The quantitative estimate of drug-likeness (QED) is 0.562. The lowest BCUT2D eigenvalue weighted by atomic mass is 10.2. The van der Waals surface area contributed by atoms with E-state index >= 15 is 0 Å². The van der Waals surface area contributed by atoms with Crippen LogP contribution in [0.3, 0.4) is 0 Å². The number of hydrogen-bond donors (Lipinski definition) is 0. The van der Waals surface area contributed by atoms with Crippen LogP contribution in [-0.4, -0.2) is 6.72 Å². The average molecular weight is 223 g/mol. The van der Waals surface area contributed by atoms with Crippen LogP contribution in [0.5, 0.6) is 0 Å². The Balaban J connectivity index is 2.20. The van der Waals surface area contributed by atoms with Gasteiger partial charge in [-0.15, -0.1) is 0 Å². The third-order valence-corrected chi connectivity index (χ3v) is 2.62. The number of aromatic nitrogens is 1. The molecule has 2 nitrogen and oxygen atoms in total. The predicted molar refractivity (Wildman–Crippen MR) is 72.2 cm³/mol. The number of aryl methyl sites for hydroxylation is 1. The maximum atomic E-state index is 3.87. The molecule has 2 heteroatoms. The smallest absolute Gasteiger partial charge is 0.204 e. The second-order valence-corrected chi connectivity index (χ2v) is 3.82. The van der Waals surface area contributed by atoms with Crippen molar-refractivity contribution >= 4 is 24.6 Å². The van der Waals surface area contributed by atoms with E-state index < -0.39 is 0 Å². The molecule has 0 spiro atoms. The maximum Gasteiger partial charge on any atom is 0.204 e. The van der Waals surface area contributed by atoms with Gasteiger partial charge >= 0.3 is 0 Å². The zero-order valence-electron chi connectivity index (χ0n) is 9.88. The number of hydrogen-bond acceptors (Lipinski definition) is 1. The van der Waals surface area contributed by atoms with Gasteiger partial charge < -0.3 is 0 Å². The van der Waals surface area contributed by atoms with Gasteiger partial charge in [0.2, 0.25) is 5.69 Å². The summed E-state index contributed by atoms with van der Waals surface area (Å²) in [5.74, 6) is 0. The molecule has 0 unspecified atom stereocenters. The zero-order chi connectivity index (χ0) is 12.1. The van der Waals surface area contributed by atoms with E-state index in [1.165, 1.54) is 5.69 Å². The van der Waals surface area contributed by atoms with Crippen molar-refractivity contribution in [3.8, 4) is 0 Å². The number of nitrogens with zero attached hydrogens (tertiary/aromatic N) is 2. The van der Waals surface area contributed by atoms with E-state index in [9.17, 15) is 0 Å². The van der Waals surface area contributed by atoms with Crippen LogP contribution >= 0.6 is 0 Å². The van der Waals surface area contributed by atoms with Gasteiger partial charge in [0.25, 0.3) is 0 Å². The Morgan fingerprint density at radius 1 is 1.06 bits per heavy atom. The fourth-order valence-electron chi connectivity index (χ4n) is 1.58. The number of benzene rings is 1. The summed E-state index contributed by atoms with van der Waals surface area (Å²) >= 11 is 0. The highest BCUT2D eigenvalue weighted by Crippen LogP contribution is 2.13. The van der Waals surface area contributed by atoms with Crippen molar-refractivity contribution in [2.75, 3.05) is 0 Å². The van der Waals surface area contributed by atoms with Crippen molar-refractivity contribution in [2.45, 2.75) is 0 Å². The highest BCUT2D eigenvalue weighted by atomic mass is 14.9. The monoisotopic (exact) mass is 223 g/mol. The Morgan fingerprint density at radius 2 is 1.82 bits per heavy atom. The average Bonchev–Trinajstić information content (AvgIpc) is 2.38. The van der Waals surface area contributed by atoms with E-state index in [0.717, 1.165) is 11.3 Å². The molecule has 0 aliphatic rings. The minimum Gasteiger partial charge on any atom is -0.265 e. The molecule has 0 atom stereocenters. The minimum absolute atomic E-state index is 0.896. The van der Waals surface area contributed by atoms with E-state index in [1.807, 2.05) is 49.6 Å². The molecule has 1 aromatic heterocycles. The first-order chi connectivity index (χ1) is 8.29. The molecular formula is C15H15N2+. The summed E-state index contributed by atoms with van der Waals surface area (Å²) in [7, 11) is 2.03. The third-order valence-electron chi connectivity index (χ3n) is 2.62. The molecular weight excluding hydrogens is 208 g/mol. The fraction of sp³-hybridized carbons (Fsp3) is 0.0667. The van der Waals surface area contributed by atoms with Gasteiger partial charge in [-0.25, -0.2) is 4.57 Å². The lowest BCUT2D eigenvalue weighted by Gasteiger charge is -1.95. The van der Waals surface area contributed by atoms with Crippen LogP contribution in [0.2, 0.25) is 0 Å². The molecule has 0 bridgehead atoms. The normalized spacial score (nSPS) is 10.6. The van der Waals surface area contributed by atoms with Crippen LogP contribution in [0.25, 0.3) is 12.2 Å². The number of pyridine rings is 1. The highest BCUT2D eigenvalue weighted by molar-refractivity contribution is 5.67. The van der Waals surface area contributed by atoms with Crippen molar-refractivity contribution in [3.63, 3.8) is 0 Å². The standard InChI is InChI=1S/C15H15N2/c1-16-14-9-6-13(7-10-14)8-11-15-5-3-4-12-17(15)2/h3-12H,1H2,2H3/q+1. The van der Waals surface area contributed by atoms with E-state index in [0.29, 0.717) is 0 Å². The van der Waals surface area contributed by atoms with Gasteiger partial charge in [0.15, 0.2) is 6.20 Å². The van der Waals surface area contributed by atoms with Crippen LogP contribution in [0, 0.1) is 0 Å². The van der Waals surface area contributed by atoms with Crippen LogP contribution in [0.15, 0.2) is 53.7 Å². The van der Waals surface area contributed by atoms with Gasteiger partial charge in [-0.2, -0.15) is 0 Å². The fourth-order valence-corrected chi connectivity index (χ4v) is 1.58. The van der Waals surface area contributed by atoms with Crippen molar-refractivity contribution in [2.24, 2.45) is 12.0 Å². The first-order valence-electron chi connectivity index (χ1n) is 5.49. The zero-order valence-corrected chi connectivity index (χ0v) is 9.88. The molecule has 0 N–H and O–H groups in total. The van der Waals surface area contributed by atoms with E-state index in [2.05, 4.69) is 34.5 Å². The number of aliphatic imine (C=N–C) groups is 1. The van der Waals surface area contributed by atoms with Crippen molar-refractivity contribution < 1.29 is 4.57 Å². The minimum atomic E-state index is 0.896. The summed E-state index contributed by atoms with van der Waals surface area (Å²) in [5, 5.41) is 0. The molecule has 1 heterocycles.